The van der Waals surface area contributed by atoms with E-state index >= 15 is 0 Å². The molecule has 0 radical (unpaired) electrons. The molecule has 0 saturated carbocycles. The van der Waals surface area contributed by atoms with E-state index in [0.717, 1.165) is 6.26 Å². The van der Waals surface area contributed by atoms with Gasteiger partial charge in [0.1, 0.15) is 11.8 Å². The molecule has 0 aliphatic rings. The second kappa shape index (κ2) is 2.30. The lowest BCUT2D eigenvalue weighted by Crippen LogP contribution is -1.72. The van der Waals surface area contributed by atoms with Gasteiger partial charge in [-0.2, -0.15) is 0 Å². The quantitative estimate of drug-likeness (QED) is 0.495. The number of carbonyl (C=O) groups is 1. The maximum atomic E-state index is 10.0. The van der Waals surface area contributed by atoms with Crippen molar-refractivity contribution in [1.29, 1.82) is 0 Å². The zero-order valence-corrected chi connectivity index (χ0v) is 4.77. The second-order valence-electron chi connectivity index (χ2n) is 1.55. The third kappa shape index (κ3) is 0.771. The van der Waals surface area contributed by atoms with E-state index in [4.69, 9.17) is 5.11 Å². The lowest BCUT2D eigenvalue weighted by molar-refractivity contribution is 0.111. The van der Waals surface area contributed by atoms with Crippen molar-refractivity contribution in [1.82, 2.24) is 0 Å². The van der Waals surface area contributed by atoms with Crippen LogP contribution in [0.5, 0.6) is 5.95 Å². The Morgan fingerprint density at radius 3 is 2.80 bits per heavy atom. The molecule has 52 valence electrons. The third-order valence-electron chi connectivity index (χ3n) is 1.00. The van der Waals surface area contributed by atoms with E-state index < -0.39 is 5.95 Å². The van der Waals surface area contributed by atoms with Crippen molar-refractivity contribution < 1.29 is 14.3 Å². The molecule has 0 saturated heterocycles. The number of aldehydes is 1. The largest absolute Gasteiger partial charge is 0.480 e. The Labute approximate surface area is 55.2 Å². The average molecular weight is 141 g/mol. The van der Waals surface area contributed by atoms with Crippen molar-refractivity contribution in [2.45, 2.75) is 0 Å². The SMILES string of the molecule is O=Cc1c(N=O)coc1O. The summed E-state index contributed by atoms with van der Waals surface area (Å²) in [5.41, 5.74) is -0.400. The van der Waals surface area contributed by atoms with E-state index in [2.05, 4.69) is 9.59 Å². The predicted octanol–water partition coefficient (Wildman–Crippen LogP) is 1.20. The van der Waals surface area contributed by atoms with Crippen LogP contribution in [0.25, 0.3) is 0 Å². The molecule has 1 aromatic heterocycles. The summed E-state index contributed by atoms with van der Waals surface area (Å²) in [6.45, 7) is 0. The van der Waals surface area contributed by atoms with Crippen molar-refractivity contribution in [3.63, 3.8) is 0 Å². The van der Waals surface area contributed by atoms with Crippen LogP contribution in [0.1, 0.15) is 10.4 Å². The number of nitroso groups, excluding NO2 is 1. The first kappa shape index (κ1) is 6.47. The number of rotatable bonds is 2. The molecule has 0 unspecified atom stereocenters. The minimum Gasteiger partial charge on any atom is -0.480 e. The minimum absolute atomic E-state index is 0.187. The first-order valence-corrected chi connectivity index (χ1v) is 2.38. The summed E-state index contributed by atoms with van der Waals surface area (Å²) in [5, 5.41) is 11.1. The minimum atomic E-state index is -0.579. The number of aromatic hydroxyl groups is 1. The summed E-state index contributed by atoms with van der Waals surface area (Å²) in [4.78, 5) is 19.9. The van der Waals surface area contributed by atoms with Crippen LogP contribution in [0.3, 0.4) is 0 Å². The lowest BCUT2D eigenvalue weighted by atomic mass is 10.3. The zero-order chi connectivity index (χ0) is 7.56. The van der Waals surface area contributed by atoms with Crippen LogP contribution in [0.4, 0.5) is 5.69 Å². The molecule has 0 bridgehead atoms. The van der Waals surface area contributed by atoms with Crippen molar-refractivity contribution >= 4 is 12.0 Å². The highest BCUT2D eigenvalue weighted by Crippen LogP contribution is 2.27. The molecule has 5 nitrogen and oxygen atoms in total. The van der Waals surface area contributed by atoms with Gasteiger partial charge in [0.05, 0.1) is 0 Å². The number of furan rings is 1. The fourth-order valence-corrected chi connectivity index (χ4v) is 0.530. The maximum absolute atomic E-state index is 10.0. The Bertz CT molecular complexity index is 265. The van der Waals surface area contributed by atoms with Gasteiger partial charge in [-0.25, -0.2) is 0 Å². The van der Waals surface area contributed by atoms with Crippen molar-refractivity contribution in [3.8, 4) is 5.95 Å². The molecular formula is C5H3NO4. The van der Waals surface area contributed by atoms with E-state index in [-0.39, 0.29) is 11.3 Å². The summed E-state index contributed by atoms with van der Waals surface area (Å²) in [5.74, 6) is -0.579. The van der Waals surface area contributed by atoms with Crippen molar-refractivity contribution in [2.75, 3.05) is 0 Å². The monoisotopic (exact) mass is 141 g/mol. The Morgan fingerprint density at radius 2 is 2.40 bits per heavy atom. The molecule has 1 N–H and O–H groups in total. The van der Waals surface area contributed by atoms with Crippen molar-refractivity contribution in [3.05, 3.63) is 16.7 Å². The fourth-order valence-electron chi connectivity index (χ4n) is 0.530. The van der Waals surface area contributed by atoms with Crippen LogP contribution in [-0.4, -0.2) is 11.4 Å². The van der Waals surface area contributed by atoms with Crippen LogP contribution in [0, 0.1) is 4.91 Å². The highest BCUT2D eigenvalue weighted by atomic mass is 16.5. The molecule has 0 atom stereocenters. The maximum Gasteiger partial charge on any atom is 0.295 e. The summed E-state index contributed by atoms with van der Waals surface area (Å²) in [6, 6.07) is 0. The molecule has 1 aromatic rings. The zero-order valence-electron chi connectivity index (χ0n) is 4.77. The molecule has 1 heterocycles. The van der Waals surface area contributed by atoms with Gasteiger partial charge in [0, 0.05) is 0 Å². The molecule has 0 fully saturated rings. The van der Waals surface area contributed by atoms with Crippen LogP contribution >= 0.6 is 0 Å². The van der Waals surface area contributed by atoms with E-state index in [0.29, 0.717) is 6.29 Å². The summed E-state index contributed by atoms with van der Waals surface area (Å²) in [6.07, 6.45) is 1.21. The third-order valence-corrected chi connectivity index (χ3v) is 1.00. The summed E-state index contributed by atoms with van der Waals surface area (Å²) >= 11 is 0. The van der Waals surface area contributed by atoms with E-state index in [1.807, 2.05) is 0 Å². The molecule has 0 spiro atoms. The van der Waals surface area contributed by atoms with Gasteiger partial charge in [0.15, 0.2) is 12.0 Å². The highest BCUT2D eigenvalue weighted by molar-refractivity contribution is 5.85. The molecular weight excluding hydrogens is 138 g/mol. The van der Waals surface area contributed by atoms with E-state index in [9.17, 15) is 9.70 Å². The lowest BCUT2D eigenvalue weighted by Gasteiger charge is -1.80. The van der Waals surface area contributed by atoms with Gasteiger partial charge in [0.2, 0.25) is 0 Å². The average Bonchev–Trinajstić information content (AvgIpc) is 2.30. The van der Waals surface area contributed by atoms with Gasteiger partial charge in [-0.05, 0) is 5.18 Å². The summed E-state index contributed by atoms with van der Waals surface area (Å²) < 4.78 is 4.31. The standard InChI is InChI=1S/C5H3NO4/c7-1-3-4(6-9)2-10-5(3)8/h1-2,8H. The number of carbonyl (C=O) groups excluding carboxylic acids is 1. The molecule has 10 heavy (non-hydrogen) atoms. The van der Waals surface area contributed by atoms with Gasteiger partial charge in [-0.15, -0.1) is 4.91 Å². The van der Waals surface area contributed by atoms with Crippen LogP contribution < -0.4 is 0 Å². The topological polar surface area (TPSA) is 79.9 Å². The van der Waals surface area contributed by atoms with Gasteiger partial charge >= 0.3 is 0 Å². The summed E-state index contributed by atoms with van der Waals surface area (Å²) in [7, 11) is 0. The highest BCUT2D eigenvalue weighted by Gasteiger charge is 2.11. The van der Waals surface area contributed by atoms with Crippen molar-refractivity contribution in [2.24, 2.45) is 5.18 Å². The Balaban J connectivity index is 3.25. The van der Waals surface area contributed by atoms with Gasteiger partial charge in [0.25, 0.3) is 5.95 Å². The number of nitrogens with zero attached hydrogens (tertiary/aromatic N) is 1. The Hall–Kier alpha value is -1.65. The molecule has 1 rings (SSSR count). The van der Waals surface area contributed by atoms with Crippen LogP contribution in [0.2, 0.25) is 0 Å². The van der Waals surface area contributed by atoms with Gasteiger partial charge in [-0.3, -0.25) is 4.79 Å². The number of hydrogen-bond donors (Lipinski definition) is 1. The molecule has 0 aromatic carbocycles. The van der Waals surface area contributed by atoms with Crippen LogP contribution in [-0.2, 0) is 0 Å². The molecule has 0 amide bonds. The second-order valence-corrected chi connectivity index (χ2v) is 1.55. The molecule has 5 heteroatoms. The van der Waals surface area contributed by atoms with Crippen LogP contribution in [0.15, 0.2) is 15.9 Å². The number of hydrogen-bond acceptors (Lipinski definition) is 5. The Morgan fingerprint density at radius 1 is 1.70 bits per heavy atom. The predicted molar refractivity (Wildman–Crippen MR) is 31.2 cm³/mol. The molecule has 0 aliphatic heterocycles. The first-order chi connectivity index (χ1) is 4.79. The Kier molecular flexibility index (Phi) is 1.49. The first-order valence-electron chi connectivity index (χ1n) is 2.38. The fraction of sp³-hybridized carbons (Fsp3) is 0. The van der Waals surface area contributed by atoms with E-state index in [1.165, 1.54) is 0 Å². The smallest absolute Gasteiger partial charge is 0.295 e. The molecule has 0 aliphatic carbocycles. The normalized spacial score (nSPS) is 9.20. The van der Waals surface area contributed by atoms with Gasteiger partial charge < -0.3 is 9.52 Å². The van der Waals surface area contributed by atoms with Gasteiger partial charge in [-0.1, -0.05) is 0 Å². The van der Waals surface area contributed by atoms with E-state index in [1.54, 1.807) is 0 Å².